The molecule has 0 atom stereocenters. The summed E-state index contributed by atoms with van der Waals surface area (Å²) in [6, 6.07) is 5.84. The number of nitrogens with one attached hydrogen (secondary N) is 1. The fraction of sp³-hybridized carbons (Fsp3) is 0.250. The van der Waals surface area contributed by atoms with E-state index in [0.29, 0.717) is 0 Å². The van der Waals surface area contributed by atoms with Gasteiger partial charge in [-0.15, -0.1) is 11.3 Å². The third kappa shape index (κ3) is 2.17. The molecular formula is C12H15N3S. The van der Waals surface area contributed by atoms with Crippen molar-refractivity contribution in [3.63, 3.8) is 0 Å². The lowest BCUT2D eigenvalue weighted by Crippen LogP contribution is -1.94. The predicted molar refractivity (Wildman–Crippen MR) is 70.5 cm³/mol. The molecule has 2 rings (SSSR count). The Labute approximate surface area is 99.3 Å². The predicted octanol–water partition coefficient (Wildman–Crippen LogP) is 3.39. The molecule has 0 fully saturated rings. The number of thiazole rings is 1. The van der Waals surface area contributed by atoms with Crippen LogP contribution in [-0.4, -0.2) is 4.98 Å². The first-order valence-corrected chi connectivity index (χ1v) is 5.95. The summed E-state index contributed by atoms with van der Waals surface area (Å²) in [4.78, 5) is 5.68. The smallest absolute Gasteiger partial charge is 0.187 e. The number of aryl methyl sites for hydroxylation is 3. The molecule has 0 radical (unpaired) electrons. The van der Waals surface area contributed by atoms with Crippen LogP contribution in [0.5, 0.6) is 0 Å². The highest BCUT2D eigenvalue weighted by Crippen LogP contribution is 2.27. The van der Waals surface area contributed by atoms with Crippen molar-refractivity contribution < 1.29 is 0 Å². The Balaban J connectivity index is 2.29. The third-order valence-electron chi connectivity index (χ3n) is 2.53. The molecule has 0 aliphatic carbocycles. The number of nitrogens with zero attached hydrogens (tertiary/aromatic N) is 1. The first-order valence-electron chi connectivity index (χ1n) is 5.13. The van der Waals surface area contributed by atoms with Crippen LogP contribution in [0.3, 0.4) is 0 Å². The van der Waals surface area contributed by atoms with Gasteiger partial charge in [-0.05, 0) is 38.5 Å². The maximum Gasteiger partial charge on any atom is 0.187 e. The lowest BCUT2D eigenvalue weighted by atomic mass is 10.2. The van der Waals surface area contributed by atoms with Crippen LogP contribution in [0, 0.1) is 20.8 Å². The van der Waals surface area contributed by atoms with Crippen molar-refractivity contribution in [2.75, 3.05) is 11.1 Å². The summed E-state index contributed by atoms with van der Waals surface area (Å²) in [5.74, 6) is 0. The molecule has 1 aromatic carbocycles. The molecule has 0 saturated heterocycles. The van der Waals surface area contributed by atoms with Gasteiger partial charge in [-0.3, -0.25) is 0 Å². The standard InChI is InChI=1S/C12H15N3S/c1-7-4-5-10(13)6-11(7)15-12-14-8(2)9(3)16-12/h4-6H,13H2,1-3H3,(H,14,15). The van der Waals surface area contributed by atoms with Gasteiger partial charge in [0.15, 0.2) is 5.13 Å². The van der Waals surface area contributed by atoms with E-state index < -0.39 is 0 Å². The lowest BCUT2D eigenvalue weighted by molar-refractivity contribution is 1.23. The van der Waals surface area contributed by atoms with Gasteiger partial charge in [-0.25, -0.2) is 4.98 Å². The number of benzene rings is 1. The summed E-state index contributed by atoms with van der Waals surface area (Å²) < 4.78 is 0. The Morgan fingerprint density at radius 2 is 2.00 bits per heavy atom. The second kappa shape index (κ2) is 4.14. The van der Waals surface area contributed by atoms with E-state index >= 15 is 0 Å². The summed E-state index contributed by atoms with van der Waals surface area (Å²) in [5.41, 5.74) is 9.79. The minimum absolute atomic E-state index is 0.762. The first-order chi connectivity index (χ1) is 7.56. The van der Waals surface area contributed by atoms with Crippen molar-refractivity contribution >= 4 is 27.8 Å². The zero-order valence-electron chi connectivity index (χ0n) is 9.66. The van der Waals surface area contributed by atoms with Gasteiger partial charge < -0.3 is 11.1 Å². The number of rotatable bonds is 2. The summed E-state index contributed by atoms with van der Waals surface area (Å²) in [5, 5.41) is 4.22. The van der Waals surface area contributed by atoms with Crippen molar-refractivity contribution in [1.82, 2.24) is 4.98 Å². The Morgan fingerprint density at radius 1 is 1.25 bits per heavy atom. The van der Waals surface area contributed by atoms with Crippen molar-refractivity contribution in [2.24, 2.45) is 0 Å². The first kappa shape index (κ1) is 11.0. The Morgan fingerprint density at radius 3 is 2.62 bits per heavy atom. The van der Waals surface area contributed by atoms with Crippen molar-refractivity contribution in [1.29, 1.82) is 0 Å². The van der Waals surface area contributed by atoms with E-state index in [1.165, 1.54) is 10.4 Å². The van der Waals surface area contributed by atoms with Crippen LogP contribution in [0.15, 0.2) is 18.2 Å². The fourth-order valence-electron chi connectivity index (χ4n) is 1.42. The molecule has 0 bridgehead atoms. The number of nitrogens with two attached hydrogens (primary N) is 1. The van der Waals surface area contributed by atoms with Crippen LogP contribution in [0.1, 0.15) is 16.1 Å². The molecular weight excluding hydrogens is 218 g/mol. The van der Waals surface area contributed by atoms with Crippen LogP contribution in [0.25, 0.3) is 0 Å². The molecule has 1 heterocycles. The minimum Gasteiger partial charge on any atom is -0.399 e. The zero-order valence-corrected chi connectivity index (χ0v) is 10.5. The van der Waals surface area contributed by atoms with E-state index in [2.05, 4.69) is 24.1 Å². The van der Waals surface area contributed by atoms with Crippen LogP contribution in [0.2, 0.25) is 0 Å². The number of anilines is 3. The van der Waals surface area contributed by atoms with Gasteiger partial charge in [-0.2, -0.15) is 0 Å². The Kier molecular flexibility index (Phi) is 2.83. The van der Waals surface area contributed by atoms with Gasteiger partial charge >= 0.3 is 0 Å². The van der Waals surface area contributed by atoms with Gasteiger partial charge in [0, 0.05) is 16.3 Å². The van der Waals surface area contributed by atoms with Gasteiger partial charge in [0.1, 0.15) is 0 Å². The lowest BCUT2D eigenvalue weighted by Gasteiger charge is -2.07. The van der Waals surface area contributed by atoms with Crippen LogP contribution < -0.4 is 11.1 Å². The minimum atomic E-state index is 0.762. The van der Waals surface area contributed by atoms with Crippen molar-refractivity contribution in [2.45, 2.75) is 20.8 Å². The highest BCUT2D eigenvalue weighted by molar-refractivity contribution is 7.15. The average molecular weight is 233 g/mol. The molecule has 1 aromatic heterocycles. The molecule has 0 spiro atoms. The maximum atomic E-state index is 5.76. The molecule has 0 aliphatic heterocycles. The molecule has 84 valence electrons. The molecule has 3 N–H and O–H groups in total. The van der Waals surface area contributed by atoms with Crippen LogP contribution in [-0.2, 0) is 0 Å². The van der Waals surface area contributed by atoms with Gasteiger partial charge in [0.25, 0.3) is 0 Å². The summed E-state index contributed by atoms with van der Waals surface area (Å²) >= 11 is 1.66. The normalized spacial score (nSPS) is 10.4. The number of nitrogen functional groups attached to an aromatic ring is 1. The molecule has 0 amide bonds. The maximum absolute atomic E-state index is 5.76. The summed E-state index contributed by atoms with van der Waals surface area (Å²) in [6.45, 7) is 6.14. The van der Waals surface area contributed by atoms with E-state index in [0.717, 1.165) is 22.2 Å². The largest absolute Gasteiger partial charge is 0.399 e. The highest BCUT2D eigenvalue weighted by atomic mass is 32.1. The summed E-state index contributed by atoms with van der Waals surface area (Å²) in [7, 11) is 0. The van der Waals surface area contributed by atoms with Crippen LogP contribution >= 0.6 is 11.3 Å². The zero-order chi connectivity index (χ0) is 11.7. The molecule has 0 unspecified atom stereocenters. The average Bonchev–Trinajstić information content (AvgIpc) is 2.52. The number of aromatic nitrogens is 1. The van der Waals surface area contributed by atoms with Gasteiger partial charge in [0.2, 0.25) is 0 Å². The molecule has 16 heavy (non-hydrogen) atoms. The second-order valence-electron chi connectivity index (χ2n) is 3.86. The molecule has 4 heteroatoms. The fourth-order valence-corrected chi connectivity index (χ4v) is 2.24. The van der Waals surface area contributed by atoms with Crippen molar-refractivity contribution in [3.8, 4) is 0 Å². The molecule has 2 aromatic rings. The Hall–Kier alpha value is -1.55. The van der Waals surface area contributed by atoms with E-state index in [4.69, 9.17) is 5.73 Å². The monoisotopic (exact) mass is 233 g/mol. The van der Waals surface area contributed by atoms with E-state index in [1.54, 1.807) is 11.3 Å². The second-order valence-corrected chi connectivity index (χ2v) is 5.06. The van der Waals surface area contributed by atoms with E-state index in [-0.39, 0.29) is 0 Å². The topological polar surface area (TPSA) is 50.9 Å². The van der Waals surface area contributed by atoms with Gasteiger partial charge in [0.05, 0.1) is 5.69 Å². The third-order valence-corrected chi connectivity index (χ3v) is 3.52. The SMILES string of the molecule is Cc1ccc(N)cc1Nc1nc(C)c(C)s1. The van der Waals surface area contributed by atoms with E-state index in [1.807, 2.05) is 25.1 Å². The molecule has 0 saturated carbocycles. The molecule has 3 nitrogen and oxygen atoms in total. The summed E-state index contributed by atoms with van der Waals surface area (Å²) in [6.07, 6.45) is 0. The highest BCUT2D eigenvalue weighted by Gasteiger charge is 2.05. The number of hydrogen-bond donors (Lipinski definition) is 2. The number of hydrogen-bond acceptors (Lipinski definition) is 4. The van der Waals surface area contributed by atoms with E-state index in [9.17, 15) is 0 Å². The van der Waals surface area contributed by atoms with Gasteiger partial charge in [-0.1, -0.05) is 6.07 Å². The quantitative estimate of drug-likeness (QED) is 0.782. The molecule has 0 aliphatic rings. The van der Waals surface area contributed by atoms with Crippen molar-refractivity contribution in [3.05, 3.63) is 34.3 Å². The Bertz CT molecular complexity index is 497. The van der Waals surface area contributed by atoms with Crippen LogP contribution in [0.4, 0.5) is 16.5 Å².